The van der Waals surface area contributed by atoms with Crippen LogP contribution in [0.5, 0.6) is 0 Å². The number of hydrogen-bond acceptors (Lipinski definition) is 4. The number of aryl methyl sites for hydroxylation is 1. The van der Waals surface area contributed by atoms with E-state index in [1.807, 2.05) is 12.1 Å². The maximum Gasteiger partial charge on any atom is 0.349 e. The second-order valence-electron chi connectivity index (χ2n) is 5.60. The first-order valence-electron chi connectivity index (χ1n) is 7.14. The first kappa shape index (κ1) is 16.5. The lowest BCUT2D eigenvalue weighted by Crippen LogP contribution is -2.40. The summed E-state index contributed by atoms with van der Waals surface area (Å²) in [4.78, 5) is 24.3. The van der Waals surface area contributed by atoms with Gasteiger partial charge in [-0.3, -0.25) is 4.79 Å². The van der Waals surface area contributed by atoms with Crippen molar-refractivity contribution < 1.29 is 9.21 Å². The van der Waals surface area contributed by atoms with Crippen molar-refractivity contribution in [2.75, 3.05) is 6.54 Å². The predicted molar refractivity (Wildman–Crippen MR) is 87.5 cm³/mol. The Morgan fingerprint density at radius 3 is 2.77 bits per heavy atom. The largest absolute Gasteiger partial charge is 0.422 e. The maximum absolute atomic E-state index is 12.3. The molecular weight excluding hydrogens is 304 g/mol. The molecule has 1 amide bonds. The van der Waals surface area contributed by atoms with E-state index < -0.39 is 11.5 Å². The monoisotopic (exact) mass is 322 g/mol. The van der Waals surface area contributed by atoms with Crippen LogP contribution in [0.4, 0.5) is 0 Å². The molecule has 1 heterocycles. The van der Waals surface area contributed by atoms with Crippen molar-refractivity contribution in [1.29, 1.82) is 0 Å². The molecule has 1 atom stereocenters. The topological polar surface area (TPSA) is 85.3 Å². The second kappa shape index (κ2) is 6.50. The summed E-state index contributed by atoms with van der Waals surface area (Å²) < 4.78 is 5.21. The van der Waals surface area contributed by atoms with Gasteiger partial charge < -0.3 is 15.5 Å². The molecule has 3 rings (SSSR count). The minimum Gasteiger partial charge on any atom is -0.422 e. The fraction of sp³-hybridized carbons (Fsp3) is 0.375. The van der Waals surface area contributed by atoms with Gasteiger partial charge in [-0.25, -0.2) is 4.79 Å². The molecule has 0 bridgehead atoms. The number of rotatable bonds is 4. The quantitative estimate of drug-likeness (QED) is 0.843. The fourth-order valence-corrected chi connectivity index (χ4v) is 2.56. The number of benzene rings is 1. The van der Waals surface area contributed by atoms with E-state index in [1.54, 1.807) is 19.1 Å². The number of amides is 1. The van der Waals surface area contributed by atoms with Crippen LogP contribution in [0.25, 0.3) is 11.0 Å². The molecule has 0 aliphatic heterocycles. The molecule has 1 aliphatic carbocycles. The first-order chi connectivity index (χ1) is 10.1. The molecule has 2 aromatic rings. The zero-order valence-electron chi connectivity index (χ0n) is 12.3. The van der Waals surface area contributed by atoms with Crippen LogP contribution in [0.2, 0.25) is 0 Å². The van der Waals surface area contributed by atoms with Crippen molar-refractivity contribution in [3.05, 3.63) is 45.8 Å². The SMILES string of the molecule is Cc1c(C(=O)NCC(N)C2CC2)c(=O)oc2ccccc12.Cl. The van der Waals surface area contributed by atoms with Crippen molar-refractivity contribution >= 4 is 29.3 Å². The average Bonchev–Trinajstić information content (AvgIpc) is 3.29. The van der Waals surface area contributed by atoms with Crippen LogP contribution in [-0.4, -0.2) is 18.5 Å². The Morgan fingerprint density at radius 1 is 1.41 bits per heavy atom. The van der Waals surface area contributed by atoms with Gasteiger partial charge in [0.1, 0.15) is 11.1 Å². The average molecular weight is 323 g/mol. The molecule has 3 N–H and O–H groups in total. The molecule has 1 aliphatic rings. The molecule has 1 aromatic heterocycles. The van der Waals surface area contributed by atoms with Gasteiger partial charge in [0, 0.05) is 18.0 Å². The number of hydrogen-bond donors (Lipinski definition) is 2. The van der Waals surface area contributed by atoms with Crippen molar-refractivity contribution in [3.63, 3.8) is 0 Å². The highest BCUT2D eigenvalue weighted by atomic mass is 35.5. The molecule has 1 saturated carbocycles. The van der Waals surface area contributed by atoms with Gasteiger partial charge >= 0.3 is 5.63 Å². The van der Waals surface area contributed by atoms with E-state index in [0.717, 1.165) is 18.2 Å². The summed E-state index contributed by atoms with van der Waals surface area (Å²) in [6, 6.07) is 7.15. The van der Waals surface area contributed by atoms with Crippen molar-refractivity contribution in [1.82, 2.24) is 5.32 Å². The summed E-state index contributed by atoms with van der Waals surface area (Å²) in [6.07, 6.45) is 2.24. The number of nitrogens with one attached hydrogen (secondary N) is 1. The van der Waals surface area contributed by atoms with E-state index in [-0.39, 0.29) is 24.0 Å². The van der Waals surface area contributed by atoms with E-state index in [0.29, 0.717) is 23.6 Å². The molecule has 5 nitrogen and oxygen atoms in total. The van der Waals surface area contributed by atoms with Crippen LogP contribution < -0.4 is 16.7 Å². The van der Waals surface area contributed by atoms with Crippen molar-refractivity contribution in [2.45, 2.75) is 25.8 Å². The predicted octanol–water partition coefficient (Wildman–Crippen LogP) is 1.99. The van der Waals surface area contributed by atoms with E-state index in [9.17, 15) is 9.59 Å². The second-order valence-corrected chi connectivity index (χ2v) is 5.60. The Balaban J connectivity index is 0.00000176. The summed E-state index contributed by atoms with van der Waals surface area (Å²) >= 11 is 0. The van der Waals surface area contributed by atoms with Gasteiger partial charge in [-0.1, -0.05) is 18.2 Å². The van der Waals surface area contributed by atoms with Crippen molar-refractivity contribution in [2.24, 2.45) is 11.7 Å². The molecule has 22 heavy (non-hydrogen) atoms. The van der Waals surface area contributed by atoms with Gasteiger partial charge in [-0.15, -0.1) is 12.4 Å². The molecule has 1 unspecified atom stereocenters. The molecule has 1 fully saturated rings. The third kappa shape index (κ3) is 3.15. The molecular formula is C16H19ClN2O3. The van der Waals surface area contributed by atoms with E-state index in [2.05, 4.69) is 5.32 Å². The van der Waals surface area contributed by atoms with Crippen molar-refractivity contribution in [3.8, 4) is 0 Å². The number of fused-ring (bicyclic) bond motifs is 1. The minimum absolute atomic E-state index is 0. The number of carbonyl (C=O) groups is 1. The number of nitrogens with two attached hydrogens (primary N) is 1. The Morgan fingerprint density at radius 2 is 2.09 bits per heavy atom. The lowest BCUT2D eigenvalue weighted by Gasteiger charge is -2.12. The molecule has 0 spiro atoms. The summed E-state index contributed by atoms with van der Waals surface area (Å²) in [7, 11) is 0. The summed E-state index contributed by atoms with van der Waals surface area (Å²) in [5.41, 5.74) is 6.54. The zero-order chi connectivity index (χ0) is 15.0. The third-order valence-electron chi connectivity index (χ3n) is 4.03. The standard InChI is InChI=1S/C16H18N2O3.ClH/c1-9-11-4-2-3-5-13(11)21-16(20)14(9)15(19)18-8-12(17)10-6-7-10;/h2-5,10,12H,6-8,17H2,1H3,(H,18,19);1H. The third-order valence-corrected chi connectivity index (χ3v) is 4.03. The van der Waals surface area contributed by atoms with Crippen LogP contribution >= 0.6 is 12.4 Å². The first-order valence-corrected chi connectivity index (χ1v) is 7.14. The van der Waals surface area contributed by atoms with Crippen LogP contribution in [0, 0.1) is 12.8 Å². The Hall–Kier alpha value is -1.85. The van der Waals surface area contributed by atoms with Gasteiger partial charge in [-0.2, -0.15) is 0 Å². The highest BCUT2D eigenvalue weighted by Crippen LogP contribution is 2.31. The van der Waals surface area contributed by atoms with Crippen LogP contribution in [0.3, 0.4) is 0 Å². The molecule has 0 saturated heterocycles. The fourth-order valence-electron chi connectivity index (χ4n) is 2.56. The van der Waals surface area contributed by atoms with Crippen LogP contribution in [-0.2, 0) is 0 Å². The molecule has 0 radical (unpaired) electrons. The molecule has 1 aromatic carbocycles. The van der Waals surface area contributed by atoms with Gasteiger partial charge in [0.05, 0.1) is 0 Å². The van der Waals surface area contributed by atoms with E-state index in [4.69, 9.17) is 10.2 Å². The highest BCUT2D eigenvalue weighted by Gasteiger charge is 2.29. The van der Waals surface area contributed by atoms with E-state index in [1.165, 1.54) is 0 Å². The maximum atomic E-state index is 12.3. The van der Waals surface area contributed by atoms with Gasteiger partial charge in [0.25, 0.3) is 5.91 Å². The molecule has 118 valence electrons. The number of para-hydroxylation sites is 1. The highest BCUT2D eigenvalue weighted by molar-refractivity contribution is 5.99. The Bertz CT molecular complexity index is 753. The molecule has 6 heteroatoms. The van der Waals surface area contributed by atoms with Gasteiger partial charge in [-0.05, 0) is 37.3 Å². The summed E-state index contributed by atoms with van der Waals surface area (Å²) in [6.45, 7) is 2.14. The summed E-state index contributed by atoms with van der Waals surface area (Å²) in [5.74, 6) is 0.0857. The van der Waals surface area contributed by atoms with E-state index >= 15 is 0 Å². The smallest absolute Gasteiger partial charge is 0.349 e. The normalized spacial score (nSPS) is 15.2. The number of halogens is 1. The van der Waals surface area contributed by atoms with Crippen LogP contribution in [0.1, 0.15) is 28.8 Å². The number of carbonyl (C=O) groups excluding carboxylic acids is 1. The Kier molecular flexibility index (Phi) is 4.88. The Labute approximate surface area is 134 Å². The lowest BCUT2D eigenvalue weighted by molar-refractivity contribution is 0.0946. The van der Waals surface area contributed by atoms with Gasteiger partial charge in [0.15, 0.2) is 0 Å². The minimum atomic E-state index is -0.608. The van der Waals surface area contributed by atoms with Crippen LogP contribution in [0.15, 0.2) is 33.5 Å². The lowest BCUT2D eigenvalue weighted by atomic mass is 10.1. The van der Waals surface area contributed by atoms with Gasteiger partial charge in [0.2, 0.25) is 0 Å². The summed E-state index contributed by atoms with van der Waals surface area (Å²) in [5, 5.41) is 3.51. The zero-order valence-corrected chi connectivity index (χ0v) is 13.1.